The van der Waals surface area contributed by atoms with Crippen molar-refractivity contribution in [2.24, 2.45) is 7.05 Å². The lowest BCUT2D eigenvalue weighted by Crippen LogP contribution is -2.38. The summed E-state index contributed by atoms with van der Waals surface area (Å²) in [6.07, 6.45) is 5.08. The number of carbonyl (C=O) groups is 1. The molecule has 106 valence electrons. The molecule has 0 aliphatic carbocycles. The minimum atomic E-state index is -3.68. The van der Waals surface area contributed by atoms with Crippen molar-refractivity contribution in [1.29, 1.82) is 0 Å². The van der Waals surface area contributed by atoms with Crippen molar-refractivity contribution in [2.45, 2.75) is 25.4 Å². The van der Waals surface area contributed by atoms with Crippen molar-refractivity contribution in [3.63, 3.8) is 0 Å². The van der Waals surface area contributed by atoms with E-state index in [2.05, 4.69) is 5.10 Å². The SMILES string of the molecule is Cn1cc(C(=O)NS(=O)(=O)C[C@H]2CCCCO2)cn1. The number of hydrogen-bond acceptors (Lipinski definition) is 5. The quantitative estimate of drug-likeness (QED) is 0.845. The van der Waals surface area contributed by atoms with E-state index >= 15 is 0 Å². The molecule has 19 heavy (non-hydrogen) atoms. The van der Waals surface area contributed by atoms with E-state index in [1.807, 2.05) is 4.72 Å². The third kappa shape index (κ3) is 4.03. The van der Waals surface area contributed by atoms with Gasteiger partial charge < -0.3 is 4.74 Å². The van der Waals surface area contributed by atoms with Gasteiger partial charge in [0.2, 0.25) is 10.0 Å². The van der Waals surface area contributed by atoms with Crippen LogP contribution in [0.5, 0.6) is 0 Å². The van der Waals surface area contributed by atoms with Crippen molar-refractivity contribution in [3.05, 3.63) is 18.0 Å². The smallest absolute Gasteiger partial charge is 0.267 e. The van der Waals surface area contributed by atoms with Gasteiger partial charge in [-0.05, 0) is 19.3 Å². The molecule has 1 atom stereocenters. The van der Waals surface area contributed by atoms with Crippen LogP contribution in [0.15, 0.2) is 12.4 Å². The van der Waals surface area contributed by atoms with Crippen molar-refractivity contribution in [2.75, 3.05) is 12.4 Å². The summed E-state index contributed by atoms with van der Waals surface area (Å²) >= 11 is 0. The molecule has 1 aliphatic heterocycles. The molecular weight excluding hydrogens is 270 g/mol. The maximum atomic E-state index is 11.9. The van der Waals surface area contributed by atoms with Gasteiger partial charge in [-0.2, -0.15) is 5.10 Å². The normalized spacial score (nSPS) is 20.2. The van der Waals surface area contributed by atoms with Crippen molar-refractivity contribution >= 4 is 15.9 Å². The molecule has 1 aliphatic rings. The molecule has 8 heteroatoms. The number of hydrogen-bond donors (Lipinski definition) is 1. The summed E-state index contributed by atoms with van der Waals surface area (Å²) < 4.78 is 32.5. The van der Waals surface area contributed by atoms with Crippen LogP contribution in [0.2, 0.25) is 0 Å². The number of sulfonamides is 1. The van der Waals surface area contributed by atoms with Gasteiger partial charge in [0.15, 0.2) is 0 Å². The number of nitrogens with one attached hydrogen (secondary N) is 1. The fraction of sp³-hybridized carbons (Fsp3) is 0.636. The third-order valence-corrected chi connectivity index (χ3v) is 4.20. The van der Waals surface area contributed by atoms with Gasteiger partial charge in [0, 0.05) is 19.9 Å². The summed E-state index contributed by atoms with van der Waals surface area (Å²) in [5.74, 6) is -0.845. The summed E-state index contributed by atoms with van der Waals surface area (Å²) in [5, 5.41) is 3.82. The lowest BCUT2D eigenvalue weighted by Gasteiger charge is -2.22. The second-order valence-electron chi connectivity index (χ2n) is 4.60. The number of aromatic nitrogens is 2. The first kappa shape index (κ1) is 14.0. The standard InChI is InChI=1S/C11H17N3O4S/c1-14-7-9(6-12-14)11(15)13-19(16,17)8-10-4-2-3-5-18-10/h6-7,10H,2-5,8H2,1H3,(H,13,15)/t10-/m1/s1. The van der Waals surface area contributed by atoms with Crippen molar-refractivity contribution < 1.29 is 17.9 Å². The Kier molecular flexibility index (Phi) is 4.20. The minimum absolute atomic E-state index is 0.182. The van der Waals surface area contributed by atoms with E-state index in [-0.39, 0.29) is 17.4 Å². The predicted octanol–water partition coefficient (Wildman–Crippen LogP) is 0.0488. The molecule has 0 saturated carbocycles. The summed E-state index contributed by atoms with van der Waals surface area (Å²) in [4.78, 5) is 11.7. The van der Waals surface area contributed by atoms with Crippen molar-refractivity contribution in [1.82, 2.24) is 14.5 Å². The summed E-state index contributed by atoms with van der Waals surface area (Å²) in [6, 6.07) is 0. The summed E-state index contributed by atoms with van der Waals surface area (Å²) in [5.41, 5.74) is 0.218. The molecule has 1 aromatic heterocycles. The van der Waals surface area contributed by atoms with Gasteiger partial charge in [-0.15, -0.1) is 0 Å². The maximum absolute atomic E-state index is 11.9. The van der Waals surface area contributed by atoms with Crippen LogP contribution in [-0.2, 0) is 21.8 Å². The van der Waals surface area contributed by atoms with E-state index in [1.54, 1.807) is 7.05 Å². The topological polar surface area (TPSA) is 90.3 Å². The molecule has 0 bridgehead atoms. The fourth-order valence-corrected chi connectivity index (χ4v) is 3.20. The Morgan fingerprint density at radius 3 is 2.95 bits per heavy atom. The lowest BCUT2D eigenvalue weighted by molar-refractivity contribution is 0.0304. The largest absolute Gasteiger partial charge is 0.377 e. The van der Waals surface area contributed by atoms with E-state index in [0.717, 1.165) is 12.8 Å². The highest BCUT2D eigenvalue weighted by Crippen LogP contribution is 2.14. The molecule has 1 aromatic rings. The highest BCUT2D eigenvalue weighted by Gasteiger charge is 2.24. The average molecular weight is 287 g/mol. The molecule has 0 unspecified atom stereocenters. The Morgan fingerprint density at radius 2 is 2.37 bits per heavy atom. The minimum Gasteiger partial charge on any atom is -0.377 e. The van der Waals surface area contributed by atoms with Gasteiger partial charge in [0.05, 0.1) is 23.6 Å². The number of aryl methyl sites for hydroxylation is 1. The molecule has 7 nitrogen and oxygen atoms in total. The monoisotopic (exact) mass is 287 g/mol. The number of nitrogens with zero attached hydrogens (tertiary/aromatic N) is 2. The van der Waals surface area contributed by atoms with Crippen molar-refractivity contribution in [3.8, 4) is 0 Å². The Labute approximate surface area is 112 Å². The zero-order chi connectivity index (χ0) is 13.9. The van der Waals surface area contributed by atoms with Crippen LogP contribution in [0.25, 0.3) is 0 Å². The lowest BCUT2D eigenvalue weighted by atomic mass is 10.1. The maximum Gasteiger partial charge on any atom is 0.267 e. The van der Waals surface area contributed by atoms with Crippen LogP contribution in [0.3, 0.4) is 0 Å². The zero-order valence-corrected chi connectivity index (χ0v) is 11.5. The van der Waals surface area contributed by atoms with Crippen LogP contribution >= 0.6 is 0 Å². The molecule has 2 rings (SSSR count). The highest BCUT2D eigenvalue weighted by atomic mass is 32.2. The van der Waals surface area contributed by atoms with Gasteiger partial charge in [-0.1, -0.05) is 0 Å². The van der Waals surface area contributed by atoms with E-state index in [9.17, 15) is 13.2 Å². The first-order chi connectivity index (χ1) is 8.96. The Bertz CT molecular complexity index is 546. The van der Waals surface area contributed by atoms with E-state index in [0.29, 0.717) is 13.0 Å². The molecular formula is C11H17N3O4S. The van der Waals surface area contributed by atoms with Crippen LogP contribution in [0.4, 0.5) is 0 Å². The molecule has 0 spiro atoms. The van der Waals surface area contributed by atoms with Crippen LogP contribution < -0.4 is 4.72 Å². The predicted molar refractivity (Wildman–Crippen MR) is 68.1 cm³/mol. The van der Waals surface area contributed by atoms with Gasteiger partial charge >= 0.3 is 0 Å². The van der Waals surface area contributed by atoms with Gasteiger partial charge in [-0.3, -0.25) is 9.48 Å². The summed E-state index contributed by atoms with van der Waals surface area (Å²) in [6.45, 7) is 0.580. The molecule has 1 amide bonds. The molecule has 0 radical (unpaired) electrons. The molecule has 2 heterocycles. The number of amides is 1. The van der Waals surface area contributed by atoms with Gasteiger partial charge in [0.25, 0.3) is 5.91 Å². The van der Waals surface area contributed by atoms with Crippen LogP contribution in [-0.4, -0.2) is 42.6 Å². The van der Waals surface area contributed by atoms with E-state index in [1.165, 1.54) is 17.1 Å². The Hall–Kier alpha value is -1.41. The molecule has 1 fully saturated rings. The zero-order valence-electron chi connectivity index (χ0n) is 10.7. The molecule has 1 N–H and O–H groups in total. The van der Waals surface area contributed by atoms with E-state index in [4.69, 9.17) is 4.74 Å². The highest BCUT2D eigenvalue weighted by molar-refractivity contribution is 7.90. The van der Waals surface area contributed by atoms with Gasteiger partial charge in [0.1, 0.15) is 0 Å². The van der Waals surface area contributed by atoms with E-state index < -0.39 is 15.9 Å². The first-order valence-electron chi connectivity index (χ1n) is 6.11. The van der Waals surface area contributed by atoms with Gasteiger partial charge in [-0.25, -0.2) is 13.1 Å². The Morgan fingerprint density at radius 1 is 1.58 bits per heavy atom. The fourth-order valence-electron chi connectivity index (χ4n) is 1.96. The van der Waals surface area contributed by atoms with Crippen LogP contribution in [0, 0.1) is 0 Å². The number of carbonyl (C=O) groups excluding carboxylic acids is 1. The molecule has 1 saturated heterocycles. The number of ether oxygens (including phenoxy) is 1. The Balaban J connectivity index is 1.94. The van der Waals surface area contributed by atoms with Crippen LogP contribution in [0.1, 0.15) is 29.6 Å². The second kappa shape index (κ2) is 5.70. The number of rotatable bonds is 4. The first-order valence-corrected chi connectivity index (χ1v) is 7.76. The average Bonchev–Trinajstić information content (AvgIpc) is 2.76. The molecule has 0 aromatic carbocycles. The second-order valence-corrected chi connectivity index (χ2v) is 6.37. The third-order valence-electron chi connectivity index (χ3n) is 2.89. The summed E-state index contributed by atoms with van der Waals surface area (Å²) in [7, 11) is -2.03.